The molecular formula is C17H20N2O2. The van der Waals surface area contributed by atoms with Gasteiger partial charge in [-0.05, 0) is 25.0 Å². The van der Waals surface area contributed by atoms with Gasteiger partial charge in [-0.25, -0.2) is 0 Å². The van der Waals surface area contributed by atoms with Crippen molar-refractivity contribution in [2.24, 2.45) is 0 Å². The summed E-state index contributed by atoms with van der Waals surface area (Å²) in [6.07, 6.45) is 1.91. The quantitative estimate of drug-likeness (QED) is 0.891. The third-order valence-electron chi connectivity index (χ3n) is 4.20. The molecule has 1 heterocycles. The first kappa shape index (κ1) is 13.7. The molecule has 0 aliphatic carbocycles. The first-order valence-corrected chi connectivity index (χ1v) is 7.38. The van der Waals surface area contributed by atoms with Crippen molar-refractivity contribution < 1.29 is 9.90 Å². The van der Waals surface area contributed by atoms with Crippen molar-refractivity contribution in [1.29, 1.82) is 0 Å². The SMILES string of the molecule is CC(=O)N1CCC(Nc2cccc3c(O)cccc23)CC1. The number of likely N-dealkylation sites (tertiary alicyclic amines) is 1. The molecule has 0 saturated carbocycles. The summed E-state index contributed by atoms with van der Waals surface area (Å²) in [5.74, 6) is 0.464. The minimum absolute atomic E-state index is 0.156. The Bertz CT molecular complexity index is 661. The van der Waals surface area contributed by atoms with Gasteiger partial charge in [0.1, 0.15) is 5.75 Å². The zero-order chi connectivity index (χ0) is 14.8. The zero-order valence-electron chi connectivity index (χ0n) is 12.2. The van der Waals surface area contributed by atoms with Gasteiger partial charge in [-0.2, -0.15) is 0 Å². The minimum atomic E-state index is 0.156. The number of benzene rings is 2. The van der Waals surface area contributed by atoms with Crippen LogP contribution in [0.25, 0.3) is 10.8 Å². The van der Waals surface area contributed by atoms with Gasteiger partial charge in [0.2, 0.25) is 5.91 Å². The fourth-order valence-electron chi connectivity index (χ4n) is 2.98. The number of phenolic OH excluding ortho intramolecular Hbond substituents is 1. The van der Waals surface area contributed by atoms with Crippen LogP contribution in [0.1, 0.15) is 19.8 Å². The number of amides is 1. The Morgan fingerprint density at radius 3 is 2.52 bits per heavy atom. The highest BCUT2D eigenvalue weighted by Gasteiger charge is 2.20. The van der Waals surface area contributed by atoms with E-state index in [9.17, 15) is 9.90 Å². The summed E-state index contributed by atoms with van der Waals surface area (Å²) in [4.78, 5) is 13.2. The number of phenols is 1. The van der Waals surface area contributed by atoms with Crippen molar-refractivity contribution in [2.75, 3.05) is 18.4 Å². The third kappa shape index (κ3) is 2.79. The minimum Gasteiger partial charge on any atom is -0.507 e. The Balaban J connectivity index is 1.77. The number of fused-ring (bicyclic) bond motifs is 1. The predicted octanol–water partition coefficient (Wildman–Crippen LogP) is 2.97. The van der Waals surface area contributed by atoms with E-state index in [-0.39, 0.29) is 5.91 Å². The summed E-state index contributed by atoms with van der Waals surface area (Å²) in [6, 6.07) is 11.9. The maximum absolute atomic E-state index is 11.4. The topological polar surface area (TPSA) is 52.6 Å². The third-order valence-corrected chi connectivity index (χ3v) is 4.20. The van der Waals surface area contributed by atoms with E-state index in [0.29, 0.717) is 11.8 Å². The van der Waals surface area contributed by atoms with Gasteiger partial charge in [0.25, 0.3) is 0 Å². The molecule has 0 radical (unpaired) electrons. The number of hydrogen-bond donors (Lipinski definition) is 2. The molecule has 1 fully saturated rings. The molecule has 0 bridgehead atoms. The Morgan fingerprint density at radius 2 is 1.81 bits per heavy atom. The van der Waals surface area contributed by atoms with E-state index in [4.69, 9.17) is 0 Å². The predicted molar refractivity (Wildman–Crippen MR) is 84.5 cm³/mol. The van der Waals surface area contributed by atoms with Gasteiger partial charge in [0.05, 0.1) is 0 Å². The first-order valence-electron chi connectivity index (χ1n) is 7.38. The monoisotopic (exact) mass is 284 g/mol. The molecule has 4 nitrogen and oxygen atoms in total. The summed E-state index contributed by atoms with van der Waals surface area (Å²) in [5, 5.41) is 15.4. The number of carbonyl (C=O) groups is 1. The fraction of sp³-hybridized carbons (Fsp3) is 0.353. The molecule has 110 valence electrons. The van der Waals surface area contributed by atoms with E-state index in [1.165, 1.54) is 0 Å². The highest BCUT2D eigenvalue weighted by atomic mass is 16.3. The maximum Gasteiger partial charge on any atom is 0.219 e. The lowest BCUT2D eigenvalue weighted by Crippen LogP contribution is -2.41. The van der Waals surface area contributed by atoms with Gasteiger partial charge < -0.3 is 15.3 Å². The Morgan fingerprint density at radius 1 is 1.14 bits per heavy atom. The van der Waals surface area contributed by atoms with E-state index in [2.05, 4.69) is 5.32 Å². The van der Waals surface area contributed by atoms with Crippen LogP contribution in [0.3, 0.4) is 0 Å². The number of nitrogens with zero attached hydrogens (tertiary/aromatic N) is 1. The number of aromatic hydroxyl groups is 1. The van der Waals surface area contributed by atoms with Gasteiger partial charge in [0.15, 0.2) is 0 Å². The number of piperidine rings is 1. The van der Waals surface area contributed by atoms with Crippen LogP contribution >= 0.6 is 0 Å². The van der Waals surface area contributed by atoms with Crippen LogP contribution in [0, 0.1) is 0 Å². The van der Waals surface area contributed by atoms with Crippen LogP contribution in [0.5, 0.6) is 5.75 Å². The largest absolute Gasteiger partial charge is 0.507 e. The van der Waals surface area contributed by atoms with Crippen molar-refractivity contribution in [1.82, 2.24) is 4.90 Å². The van der Waals surface area contributed by atoms with Crippen molar-refractivity contribution in [3.05, 3.63) is 36.4 Å². The number of rotatable bonds is 2. The van der Waals surface area contributed by atoms with Crippen LogP contribution in [-0.4, -0.2) is 35.0 Å². The number of hydrogen-bond acceptors (Lipinski definition) is 3. The van der Waals surface area contributed by atoms with E-state index in [1.54, 1.807) is 13.0 Å². The molecule has 0 unspecified atom stereocenters. The highest BCUT2D eigenvalue weighted by molar-refractivity contribution is 5.97. The van der Waals surface area contributed by atoms with Crippen LogP contribution in [0.2, 0.25) is 0 Å². The maximum atomic E-state index is 11.4. The summed E-state index contributed by atoms with van der Waals surface area (Å²) in [5.41, 5.74) is 1.05. The van der Waals surface area contributed by atoms with Gasteiger partial charge in [-0.1, -0.05) is 24.3 Å². The smallest absolute Gasteiger partial charge is 0.219 e. The van der Waals surface area contributed by atoms with E-state index in [0.717, 1.165) is 42.4 Å². The molecule has 1 aliphatic rings. The molecule has 2 N–H and O–H groups in total. The lowest BCUT2D eigenvalue weighted by atomic mass is 10.0. The van der Waals surface area contributed by atoms with Gasteiger partial charge >= 0.3 is 0 Å². The van der Waals surface area contributed by atoms with Gasteiger partial charge in [-0.3, -0.25) is 4.79 Å². The second-order valence-corrected chi connectivity index (χ2v) is 5.60. The Kier molecular flexibility index (Phi) is 3.69. The van der Waals surface area contributed by atoms with Gasteiger partial charge in [-0.15, -0.1) is 0 Å². The molecule has 0 atom stereocenters. The molecule has 1 aliphatic heterocycles. The van der Waals surface area contributed by atoms with E-state index in [1.807, 2.05) is 35.2 Å². The zero-order valence-corrected chi connectivity index (χ0v) is 12.2. The number of carbonyl (C=O) groups excluding carboxylic acids is 1. The summed E-state index contributed by atoms with van der Waals surface area (Å²) in [7, 11) is 0. The molecule has 2 aromatic carbocycles. The second kappa shape index (κ2) is 5.64. The normalized spacial score (nSPS) is 16.1. The molecule has 0 spiro atoms. The lowest BCUT2D eigenvalue weighted by molar-refractivity contribution is -0.129. The van der Waals surface area contributed by atoms with Crippen LogP contribution in [0.4, 0.5) is 5.69 Å². The first-order chi connectivity index (χ1) is 10.1. The molecule has 2 aromatic rings. The standard InChI is InChI=1S/C17H20N2O2/c1-12(20)19-10-8-13(9-11-19)18-16-6-2-5-15-14(16)4-3-7-17(15)21/h2-7,13,18,21H,8-11H2,1H3. The molecule has 0 aromatic heterocycles. The number of nitrogens with one attached hydrogen (secondary N) is 1. The van der Waals surface area contributed by atoms with Crippen LogP contribution in [0.15, 0.2) is 36.4 Å². The Hall–Kier alpha value is -2.23. The van der Waals surface area contributed by atoms with Gasteiger partial charge in [0, 0.05) is 42.5 Å². The average Bonchev–Trinajstić information content (AvgIpc) is 2.49. The van der Waals surface area contributed by atoms with E-state index < -0.39 is 0 Å². The molecule has 3 rings (SSSR count). The molecule has 1 amide bonds. The van der Waals surface area contributed by atoms with Crippen molar-refractivity contribution in [2.45, 2.75) is 25.8 Å². The van der Waals surface area contributed by atoms with Crippen molar-refractivity contribution in [3.8, 4) is 5.75 Å². The fourth-order valence-corrected chi connectivity index (χ4v) is 2.98. The number of anilines is 1. The molecule has 4 heteroatoms. The van der Waals surface area contributed by atoms with Crippen molar-refractivity contribution >= 4 is 22.4 Å². The molecule has 1 saturated heterocycles. The summed E-state index contributed by atoms with van der Waals surface area (Å²) >= 11 is 0. The van der Waals surface area contributed by atoms with E-state index >= 15 is 0 Å². The molecule has 21 heavy (non-hydrogen) atoms. The lowest BCUT2D eigenvalue weighted by Gasteiger charge is -2.32. The highest BCUT2D eigenvalue weighted by Crippen LogP contribution is 2.30. The summed E-state index contributed by atoms with van der Waals surface area (Å²) in [6.45, 7) is 3.24. The van der Waals surface area contributed by atoms with Crippen LogP contribution < -0.4 is 5.32 Å². The van der Waals surface area contributed by atoms with Crippen LogP contribution in [-0.2, 0) is 4.79 Å². The average molecular weight is 284 g/mol. The molecular weight excluding hydrogens is 264 g/mol. The summed E-state index contributed by atoms with van der Waals surface area (Å²) < 4.78 is 0. The second-order valence-electron chi connectivity index (χ2n) is 5.60. The Labute approximate surface area is 124 Å². The van der Waals surface area contributed by atoms with Crippen molar-refractivity contribution in [3.63, 3.8) is 0 Å².